The van der Waals surface area contributed by atoms with Crippen LogP contribution in [0, 0.1) is 11.6 Å². The van der Waals surface area contributed by atoms with Gasteiger partial charge in [0.25, 0.3) is 0 Å². The monoisotopic (exact) mass is 273 g/mol. The molecule has 5 heteroatoms. The summed E-state index contributed by atoms with van der Waals surface area (Å²) < 4.78 is 37.6. The maximum atomic E-state index is 13.8. The van der Waals surface area contributed by atoms with E-state index in [1.54, 1.807) is 14.0 Å². The molecule has 1 N–H and O–H groups in total. The lowest BCUT2D eigenvalue weighted by atomic mass is 10.2. The first kappa shape index (κ1) is 15.9. The zero-order chi connectivity index (χ0) is 14.3. The molecule has 0 saturated carbocycles. The van der Waals surface area contributed by atoms with Crippen LogP contribution >= 0.6 is 0 Å². The standard InChI is InChI=1S/C14H21F2NO2/c1-4-10(2)19-14-12(15)7-11(8-13(14)16)9-17-5-6-18-3/h7-8,10,17H,4-6,9H2,1-3H3. The van der Waals surface area contributed by atoms with E-state index in [1.807, 2.05) is 6.92 Å². The van der Waals surface area contributed by atoms with E-state index in [9.17, 15) is 8.78 Å². The number of benzene rings is 1. The molecule has 19 heavy (non-hydrogen) atoms. The second-order valence-electron chi connectivity index (χ2n) is 4.39. The fourth-order valence-corrected chi connectivity index (χ4v) is 1.52. The third-order valence-electron chi connectivity index (χ3n) is 2.76. The number of hydrogen-bond donors (Lipinski definition) is 1. The van der Waals surface area contributed by atoms with E-state index in [4.69, 9.17) is 9.47 Å². The van der Waals surface area contributed by atoms with Crippen molar-refractivity contribution in [1.82, 2.24) is 5.32 Å². The summed E-state index contributed by atoms with van der Waals surface area (Å²) in [4.78, 5) is 0. The van der Waals surface area contributed by atoms with E-state index < -0.39 is 11.6 Å². The summed E-state index contributed by atoms with van der Waals surface area (Å²) in [5.74, 6) is -1.62. The van der Waals surface area contributed by atoms with Gasteiger partial charge in [-0.05, 0) is 31.0 Å². The van der Waals surface area contributed by atoms with E-state index >= 15 is 0 Å². The van der Waals surface area contributed by atoms with E-state index in [0.717, 1.165) is 0 Å². The molecule has 108 valence electrons. The van der Waals surface area contributed by atoms with Gasteiger partial charge in [-0.15, -0.1) is 0 Å². The van der Waals surface area contributed by atoms with Crippen molar-refractivity contribution in [2.24, 2.45) is 0 Å². The Morgan fingerprint density at radius 3 is 2.42 bits per heavy atom. The van der Waals surface area contributed by atoms with Crippen LogP contribution in [-0.2, 0) is 11.3 Å². The molecule has 1 rings (SSSR count). The van der Waals surface area contributed by atoms with Gasteiger partial charge in [-0.2, -0.15) is 0 Å². The van der Waals surface area contributed by atoms with Crippen LogP contribution in [0.1, 0.15) is 25.8 Å². The Labute approximate surface area is 112 Å². The normalized spacial score (nSPS) is 12.5. The minimum Gasteiger partial charge on any atom is -0.485 e. The van der Waals surface area contributed by atoms with E-state index in [2.05, 4.69) is 5.32 Å². The molecule has 1 aromatic carbocycles. The summed E-state index contributed by atoms with van der Waals surface area (Å²) >= 11 is 0. The number of halogens is 2. The number of hydrogen-bond acceptors (Lipinski definition) is 3. The lowest BCUT2D eigenvalue weighted by Gasteiger charge is -2.15. The molecular weight excluding hydrogens is 252 g/mol. The van der Waals surface area contributed by atoms with Crippen LogP contribution in [0.3, 0.4) is 0 Å². The van der Waals surface area contributed by atoms with Gasteiger partial charge in [-0.1, -0.05) is 6.92 Å². The Morgan fingerprint density at radius 2 is 1.89 bits per heavy atom. The maximum Gasteiger partial charge on any atom is 0.191 e. The minimum atomic E-state index is -0.663. The SMILES string of the molecule is CCC(C)Oc1c(F)cc(CNCCOC)cc1F. The molecule has 0 aromatic heterocycles. The van der Waals surface area contributed by atoms with Crippen LogP contribution in [-0.4, -0.2) is 26.4 Å². The van der Waals surface area contributed by atoms with Gasteiger partial charge in [0.1, 0.15) is 0 Å². The maximum absolute atomic E-state index is 13.8. The Morgan fingerprint density at radius 1 is 1.26 bits per heavy atom. The molecule has 0 radical (unpaired) electrons. The fourth-order valence-electron chi connectivity index (χ4n) is 1.52. The van der Waals surface area contributed by atoms with Crippen molar-refractivity contribution in [2.45, 2.75) is 32.9 Å². The van der Waals surface area contributed by atoms with E-state index in [0.29, 0.717) is 31.7 Å². The Balaban J connectivity index is 2.68. The first-order chi connectivity index (χ1) is 9.08. The molecule has 3 nitrogen and oxygen atoms in total. The highest BCUT2D eigenvalue weighted by Crippen LogP contribution is 2.24. The highest BCUT2D eigenvalue weighted by molar-refractivity contribution is 5.31. The Hall–Kier alpha value is -1.20. The van der Waals surface area contributed by atoms with Crippen molar-refractivity contribution in [3.05, 3.63) is 29.3 Å². The number of ether oxygens (including phenoxy) is 2. The van der Waals surface area contributed by atoms with Gasteiger partial charge in [0.2, 0.25) is 0 Å². The van der Waals surface area contributed by atoms with Gasteiger partial charge in [0.15, 0.2) is 17.4 Å². The molecular formula is C14H21F2NO2. The summed E-state index contributed by atoms with van der Waals surface area (Å²) in [5, 5.41) is 3.03. The van der Waals surface area contributed by atoms with Crippen molar-refractivity contribution in [1.29, 1.82) is 0 Å². The number of methoxy groups -OCH3 is 1. The molecule has 0 aliphatic carbocycles. The molecule has 0 spiro atoms. The highest BCUT2D eigenvalue weighted by Gasteiger charge is 2.14. The largest absolute Gasteiger partial charge is 0.485 e. The quantitative estimate of drug-likeness (QED) is 0.739. The molecule has 1 aromatic rings. The molecule has 0 amide bonds. The first-order valence-electron chi connectivity index (χ1n) is 6.42. The lowest BCUT2D eigenvalue weighted by molar-refractivity contribution is 0.196. The van der Waals surface area contributed by atoms with Crippen LogP contribution in [0.2, 0.25) is 0 Å². The Bertz CT molecular complexity index is 376. The third kappa shape index (κ3) is 5.12. The number of rotatable bonds is 8. The van der Waals surface area contributed by atoms with Crippen LogP contribution in [0.15, 0.2) is 12.1 Å². The van der Waals surface area contributed by atoms with Gasteiger partial charge in [0, 0.05) is 20.2 Å². The van der Waals surface area contributed by atoms with Crippen molar-refractivity contribution in [2.75, 3.05) is 20.3 Å². The molecule has 1 atom stereocenters. The topological polar surface area (TPSA) is 30.5 Å². The van der Waals surface area contributed by atoms with Crippen LogP contribution in [0.4, 0.5) is 8.78 Å². The molecule has 0 fully saturated rings. The van der Waals surface area contributed by atoms with Crippen LogP contribution in [0.5, 0.6) is 5.75 Å². The summed E-state index contributed by atoms with van der Waals surface area (Å²) in [6, 6.07) is 2.58. The van der Waals surface area contributed by atoms with Gasteiger partial charge in [0.05, 0.1) is 12.7 Å². The average molecular weight is 273 g/mol. The van der Waals surface area contributed by atoms with E-state index in [1.165, 1.54) is 12.1 Å². The minimum absolute atomic E-state index is 0.213. The molecule has 0 aliphatic heterocycles. The predicted molar refractivity (Wildman–Crippen MR) is 70.3 cm³/mol. The second-order valence-corrected chi connectivity index (χ2v) is 4.39. The van der Waals surface area contributed by atoms with Crippen LogP contribution < -0.4 is 10.1 Å². The third-order valence-corrected chi connectivity index (χ3v) is 2.76. The van der Waals surface area contributed by atoms with E-state index in [-0.39, 0.29) is 11.9 Å². The van der Waals surface area contributed by atoms with Crippen molar-refractivity contribution < 1.29 is 18.3 Å². The summed E-state index contributed by atoms with van der Waals surface area (Å²) in [6.45, 7) is 5.25. The molecule has 1 unspecified atom stereocenters. The highest BCUT2D eigenvalue weighted by atomic mass is 19.1. The van der Waals surface area contributed by atoms with Crippen molar-refractivity contribution in [3.8, 4) is 5.75 Å². The molecule has 0 heterocycles. The van der Waals surface area contributed by atoms with Crippen molar-refractivity contribution >= 4 is 0 Å². The van der Waals surface area contributed by atoms with Crippen molar-refractivity contribution in [3.63, 3.8) is 0 Å². The fraction of sp³-hybridized carbons (Fsp3) is 0.571. The second kappa shape index (κ2) is 8.07. The zero-order valence-electron chi connectivity index (χ0n) is 11.6. The summed E-state index contributed by atoms with van der Waals surface area (Å²) in [6.07, 6.45) is 0.480. The first-order valence-corrected chi connectivity index (χ1v) is 6.42. The summed E-state index contributed by atoms with van der Waals surface area (Å²) in [5.41, 5.74) is 0.544. The molecule has 0 bridgehead atoms. The Kier molecular flexibility index (Phi) is 6.73. The predicted octanol–water partition coefficient (Wildman–Crippen LogP) is 2.88. The van der Waals surface area contributed by atoms with Gasteiger partial charge >= 0.3 is 0 Å². The van der Waals surface area contributed by atoms with Gasteiger partial charge in [-0.3, -0.25) is 0 Å². The van der Waals surface area contributed by atoms with Crippen LogP contribution in [0.25, 0.3) is 0 Å². The number of nitrogens with one attached hydrogen (secondary N) is 1. The smallest absolute Gasteiger partial charge is 0.191 e. The molecule has 0 aliphatic rings. The zero-order valence-corrected chi connectivity index (χ0v) is 11.6. The molecule has 0 saturated heterocycles. The average Bonchev–Trinajstić information content (AvgIpc) is 2.38. The lowest BCUT2D eigenvalue weighted by Crippen LogP contribution is -2.19. The van der Waals surface area contributed by atoms with Gasteiger partial charge < -0.3 is 14.8 Å². The summed E-state index contributed by atoms with van der Waals surface area (Å²) in [7, 11) is 1.60. The van der Waals surface area contributed by atoms with Gasteiger partial charge in [-0.25, -0.2) is 8.78 Å².